The molecule has 0 aromatic carbocycles. The highest BCUT2D eigenvalue weighted by Crippen LogP contribution is 2.33. The largest absolute Gasteiger partial charge is 0.478 e. The molecule has 1 heterocycles. The number of carboxylic acids is 1. The SMILES string of the molecule is CCOP(O)C(=O)n1cc(C(=O)O)c([Si](C)(C)C)n1. The van der Waals surface area contributed by atoms with Crippen LogP contribution in [0.2, 0.25) is 19.6 Å². The zero-order valence-corrected chi connectivity index (χ0v) is 13.1. The third kappa shape index (κ3) is 3.70. The number of nitrogens with zero attached hydrogens (tertiary/aromatic N) is 2. The Labute approximate surface area is 113 Å². The van der Waals surface area contributed by atoms with E-state index in [4.69, 9.17) is 9.63 Å². The summed E-state index contributed by atoms with van der Waals surface area (Å²) >= 11 is 0. The Balaban J connectivity index is 3.19. The van der Waals surface area contributed by atoms with Gasteiger partial charge in [-0.25, -0.2) is 4.79 Å². The van der Waals surface area contributed by atoms with Gasteiger partial charge in [0.05, 0.1) is 17.5 Å². The number of rotatable bonds is 5. The van der Waals surface area contributed by atoms with E-state index in [1.54, 1.807) is 6.92 Å². The maximum atomic E-state index is 11.8. The van der Waals surface area contributed by atoms with Crippen LogP contribution in [0.5, 0.6) is 0 Å². The van der Waals surface area contributed by atoms with Gasteiger partial charge in [-0.15, -0.1) is 0 Å². The molecule has 0 fully saturated rings. The van der Waals surface area contributed by atoms with Crippen LogP contribution in [0.25, 0.3) is 0 Å². The highest BCUT2D eigenvalue weighted by molar-refractivity contribution is 7.65. The minimum Gasteiger partial charge on any atom is -0.478 e. The predicted molar refractivity (Wildman–Crippen MR) is 73.7 cm³/mol. The normalized spacial score (nSPS) is 13.3. The second-order valence-corrected chi connectivity index (χ2v) is 11.0. The molecule has 1 aromatic heterocycles. The molecule has 0 amide bonds. The Hall–Kier alpha value is -1.08. The first-order chi connectivity index (χ1) is 8.68. The molecule has 0 spiro atoms. The van der Waals surface area contributed by atoms with Crippen LogP contribution in [-0.2, 0) is 4.52 Å². The summed E-state index contributed by atoms with van der Waals surface area (Å²) < 4.78 is 5.70. The number of aromatic carboxylic acids is 1. The van der Waals surface area contributed by atoms with E-state index in [-0.39, 0.29) is 12.2 Å². The van der Waals surface area contributed by atoms with Crippen molar-refractivity contribution in [3.8, 4) is 0 Å². The number of hydrogen-bond acceptors (Lipinski definition) is 5. The Morgan fingerprint density at radius 2 is 2.05 bits per heavy atom. The molecule has 0 saturated heterocycles. The van der Waals surface area contributed by atoms with Crippen LogP contribution in [0, 0.1) is 0 Å². The molecule has 0 aliphatic rings. The average Bonchev–Trinajstić information content (AvgIpc) is 2.72. The Morgan fingerprint density at radius 3 is 2.42 bits per heavy atom. The van der Waals surface area contributed by atoms with Crippen LogP contribution in [0.4, 0.5) is 4.79 Å². The summed E-state index contributed by atoms with van der Waals surface area (Å²) in [7, 11) is -4.29. The van der Waals surface area contributed by atoms with Gasteiger partial charge in [-0.2, -0.15) is 9.78 Å². The quantitative estimate of drug-likeness (QED) is 0.630. The maximum absolute atomic E-state index is 11.8. The molecule has 0 aliphatic heterocycles. The molecule has 1 aromatic rings. The second kappa shape index (κ2) is 5.92. The minimum absolute atomic E-state index is 0.00687. The van der Waals surface area contributed by atoms with Crippen molar-refractivity contribution in [2.75, 3.05) is 6.61 Å². The van der Waals surface area contributed by atoms with Gasteiger partial charge in [0.25, 0.3) is 8.38 Å². The lowest BCUT2D eigenvalue weighted by molar-refractivity contribution is 0.0698. The molecule has 1 atom stereocenters. The van der Waals surface area contributed by atoms with Gasteiger partial charge in [-0.05, 0) is 6.92 Å². The lowest BCUT2D eigenvalue weighted by atomic mass is 10.4. The molecule has 2 N–H and O–H groups in total. The number of carbonyl (C=O) groups excluding carboxylic acids is 1. The third-order valence-electron chi connectivity index (χ3n) is 2.27. The Bertz CT molecular complexity index is 497. The summed E-state index contributed by atoms with van der Waals surface area (Å²) in [5, 5.41) is 13.6. The van der Waals surface area contributed by atoms with Crippen molar-refractivity contribution in [1.82, 2.24) is 9.78 Å². The molecule has 1 rings (SSSR count). The van der Waals surface area contributed by atoms with E-state index in [9.17, 15) is 14.5 Å². The fourth-order valence-corrected chi connectivity index (χ4v) is 3.47. The topological polar surface area (TPSA) is 102 Å². The van der Waals surface area contributed by atoms with E-state index < -0.39 is 28.1 Å². The van der Waals surface area contributed by atoms with Gasteiger partial charge in [0, 0.05) is 6.20 Å². The third-order valence-corrected chi connectivity index (χ3v) is 5.09. The molecule has 7 nitrogen and oxygen atoms in total. The summed E-state index contributed by atoms with van der Waals surface area (Å²) in [5.41, 5.74) is -0.726. The van der Waals surface area contributed by atoms with Crippen LogP contribution in [0.3, 0.4) is 0 Å². The Kier molecular flexibility index (Phi) is 4.97. The van der Waals surface area contributed by atoms with Crippen LogP contribution in [-0.4, -0.2) is 46.1 Å². The molecule has 0 bridgehead atoms. The van der Waals surface area contributed by atoms with E-state index in [2.05, 4.69) is 5.10 Å². The van der Waals surface area contributed by atoms with Crippen molar-refractivity contribution in [1.29, 1.82) is 0 Å². The number of carbonyl (C=O) groups is 2. The summed E-state index contributed by atoms with van der Waals surface area (Å²) in [5.74, 6) is -1.13. The molecule has 106 valence electrons. The van der Waals surface area contributed by atoms with Gasteiger partial charge < -0.3 is 14.5 Å². The van der Waals surface area contributed by atoms with Gasteiger partial charge in [-0.1, -0.05) is 19.6 Å². The van der Waals surface area contributed by atoms with Crippen LogP contribution in [0.15, 0.2) is 6.20 Å². The lowest BCUT2D eigenvalue weighted by Gasteiger charge is -2.13. The molecule has 9 heteroatoms. The first-order valence-electron chi connectivity index (χ1n) is 5.68. The van der Waals surface area contributed by atoms with Crippen molar-refractivity contribution in [3.63, 3.8) is 0 Å². The van der Waals surface area contributed by atoms with Crippen molar-refractivity contribution in [2.45, 2.75) is 26.6 Å². The average molecular weight is 304 g/mol. The summed E-state index contributed by atoms with van der Waals surface area (Å²) in [6.45, 7) is 7.64. The smallest absolute Gasteiger partial charge is 0.338 e. The van der Waals surface area contributed by atoms with Crippen LogP contribution < -0.4 is 5.32 Å². The molecule has 0 saturated carbocycles. The van der Waals surface area contributed by atoms with Crippen LogP contribution in [0.1, 0.15) is 17.3 Å². The zero-order valence-electron chi connectivity index (χ0n) is 11.2. The lowest BCUT2D eigenvalue weighted by Crippen LogP contribution is -2.42. The highest BCUT2D eigenvalue weighted by Gasteiger charge is 2.30. The molecule has 19 heavy (non-hydrogen) atoms. The Morgan fingerprint density at radius 1 is 1.47 bits per heavy atom. The van der Waals surface area contributed by atoms with Gasteiger partial charge in [0.15, 0.2) is 0 Å². The maximum Gasteiger partial charge on any atom is 0.338 e. The van der Waals surface area contributed by atoms with E-state index in [0.29, 0.717) is 5.32 Å². The van der Waals surface area contributed by atoms with Crippen molar-refractivity contribution in [3.05, 3.63) is 11.8 Å². The second-order valence-electron chi connectivity index (χ2n) is 4.86. The molecular formula is C10H17N2O5PSi. The first kappa shape index (κ1) is 16.0. The van der Waals surface area contributed by atoms with E-state index in [1.807, 2.05) is 19.6 Å². The fourth-order valence-electron chi connectivity index (χ4n) is 1.45. The number of hydrogen-bond donors (Lipinski definition) is 2. The van der Waals surface area contributed by atoms with Crippen molar-refractivity contribution >= 4 is 33.4 Å². The molecule has 1 unspecified atom stereocenters. The molecule has 0 radical (unpaired) electrons. The monoisotopic (exact) mass is 304 g/mol. The fraction of sp³-hybridized carbons (Fsp3) is 0.500. The van der Waals surface area contributed by atoms with Gasteiger partial charge in [0.2, 0.25) is 0 Å². The van der Waals surface area contributed by atoms with E-state index in [1.165, 1.54) is 0 Å². The summed E-state index contributed by atoms with van der Waals surface area (Å²) in [6.07, 6.45) is 1.14. The summed E-state index contributed by atoms with van der Waals surface area (Å²) in [6, 6.07) is 0. The van der Waals surface area contributed by atoms with Gasteiger partial charge >= 0.3 is 11.6 Å². The zero-order chi connectivity index (χ0) is 14.8. The van der Waals surface area contributed by atoms with Crippen molar-refractivity contribution < 1.29 is 24.1 Å². The van der Waals surface area contributed by atoms with Crippen molar-refractivity contribution in [2.24, 2.45) is 0 Å². The standard InChI is InChI=1S/C10H17N2O5PSi/c1-5-17-18(16)10(15)12-6-7(9(13)14)8(11-12)19(2,3)4/h6,16H,5H2,1-4H3,(H,13,14). The van der Waals surface area contributed by atoms with E-state index >= 15 is 0 Å². The van der Waals surface area contributed by atoms with Gasteiger partial charge in [-0.3, -0.25) is 4.79 Å². The number of aromatic nitrogens is 2. The predicted octanol–water partition coefficient (Wildman–Crippen LogP) is 1.44. The summed E-state index contributed by atoms with van der Waals surface area (Å²) in [4.78, 5) is 32.5. The van der Waals surface area contributed by atoms with Gasteiger partial charge in [0.1, 0.15) is 8.07 Å². The molecule has 0 aliphatic carbocycles. The highest BCUT2D eigenvalue weighted by atomic mass is 31.2. The van der Waals surface area contributed by atoms with Crippen LogP contribution >= 0.6 is 8.38 Å². The minimum atomic E-state index is -2.29. The molecular weight excluding hydrogens is 287 g/mol. The number of carboxylic acid groups (broad SMARTS) is 1. The van der Waals surface area contributed by atoms with E-state index in [0.717, 1.165) is 10.9 Å². The first-order valence-corrected chi connectivity index (χ1v) is 10.4.